The highest BCUT2D eigenvalue weighted by Gasteiger charge is 2.40. The molecular weight excluding hydrogens is 445 g/mol. The van der Waals surface area contributed by atoms with Crippen LogP contribution in [0, 0.1) is 5.82 Å². The van der Waals surface area contributed by atoms with Crippen LogP contribution in [0.4, 0.5) is 10.1 Å². The largest absolute Gasteiger partial charge is 0.496 e. The number of pyridine rings is 1. The molecule has 2 aliphatic rings. The summed E-state index contributed by atoms with van der Waals surface area (Å²) in [5, 5.41) is 0. The van der Waals surface area contributed by atoms with Gasteiger partial charge in [0.15, 0.2) is 0 Å². The van der Waals surface area contributed by atoms with Gasteiger partial charge in [0.25, 0.3) is 0 Å². The molecule has 5 rings (SSSR count). The van der Waals surface area contributed by atoms with Gasteiger partial charge in [0.1, 0.15) is 22.3 Å². The molecule has 1 saturated heterocycles. The van der Waals surface area contributed by atoms with Gasteiger partial charge in [-0.2, -0.15) is 4.31 Å². The summed E-state index contributed by atoms with van der Waals surface area (Å²) in [6.07, 6.45) is 8.63. The lowest BCUT2D eigenvalue weighted by atomic mass is 10.0. The van der Waals surface area contributed by atoms with Crippen LogP contribution in [-0.4, -0.2) is 54.0 Å². The Balaban J connectivity index is 1.50. The van der Waals surface area contributed by atoms with Crippen LogP contribution in [0.1, 0.15) is 30.3 Å². The minimum atomic E-state index is -3.94. The lowest BCUT2D eigenvalue weighted by Gasteiger charge is -2.29. The standard InChI is InChI=1S/C23H26FN5O3S/c1-32-20-6-2-4-17(24)23(20)19-5-3-11-29(19)33(30,31)21-16-25-9-7-18(21)27-12-8-22-26-10-13-28(22)15-14-27/h2,4,6-7,9-10,13,16,19H,3,5,8,11-12,14-15H2,1H3. The Bertz CT molecular complexity index is 1240. The fraction of sp³-hybridized carbons (Fsp3) is 0.391. The molecule has 1 fully saturated rings. The summed E-state index contributed by atoms with van der Waals surface area (Å²) in [6, 6.07) is 5.69. The zero-order valence-corrected chi connectivity index (χ0v) is 19.2. The predicted molar refractivity (Wildman–Crippen MR) is 121 cm³/mol. The van der Waals surface area contributed by atoms with Gasteiger partial charge in [-0.05, 0) is 31.0 Å². The summed E-state index contributed by atoms with van der Waals surface area (Å²) in [5.41, 5.74) is 0.897. The topological polar surface area (TPSA) is 80.6 Å². The monoisotopic (exact) mass is 471 g/mol. The number of fused-ring (bicyclic) bond motifs is 1. The Morgan fingerprint density at radius 1 is 1.12 bits per heavy atom. The summed E-state index contributed by atoms with van der Waals surface area (Å²) in [6.45, 7) is 2.33. The molecule has 33 heavy (non-hydrogen) atoms. The van der Waals surface area contributed by atoms with Crippen molar-refractivity contribution < 1.29 is 17.5 Å². The summed E-state index contributed by atoms with van der Waals surface area (Å²) in [7, 11) is -2.47. The lowest BCUT2D eigenvalue weighted by Crippen LogP contribution is -2.34. The summed E-state index contributed by atoms with van der Waals surface area (Å²) >= 11 is 0. The average Bonchev–Trinajstić information content (AvgIpc) is 3.45. The maximum absolute atomic E-state index is 14.8. The van der Waals surface area contributed by atoms with Crippen LogP contribution in [0.15, 0.2) is 53.9 Å². The molecular formula is C23H26FN5O3S. The van der Waals surface area contributed by atoms with Gasteiger partial charge in [0.05, 0.1) is 18.8 Å². The van der Waals surface area contributed by atoms with Gasteiger partial charge in [-0.15, -0.1) is 0 Å². The molecule has 0 amide bonds. The van der Waals surface area contributed by atoms with Crippen molar-refractivity contribution in [3.05, 3.63) is 66.3 Å². The van der Waals surface area contributed by atoms with E-state index in [4.69, 9.17) is 4.74 Å². The number of methoxy groups -OCH3 is 1. The van der Waals surface area contributed by atoms with E-state index in [2.05, 4.69) is 19.4 Å². The molecule has 2 aliphatic heterocycles. The summed E-state index contributed by atoms with van der Waals surface area (Å²) < 4.78 is 51.6. The Kier molecular flexibility index (Phi) is 5.79. The van der Waals surface area contributed by atoms with Crippen LogP contribution in [0.25, 0.3) is 0 Å². The van der Waals surface area contributed by atoms with Gasteiger partial charge in [0.2, 0.25) is 10.0 Å². The van der Waals surface area contributed by atoms with E-state index in [-0.39, 0.29) is 10.5 Å². The number of halogens is 1. The molecule has 3 aromatic rings. The maximum atomic E-state index is 14.8. The minimum absolute atomic E-state index is 0.145. The van der Waals surface area contributed by atoms with Crippen LogP contribution in [-0.2, 0) is 23.0 Å². The highest BCUT2D eigenvalue weighted by molar-refractivity contribution is 7.89. The first kappa shape index (κ1) is 21.8. The minimum Gasteiger partial charge on any atom is -0.496 e. The number of sulfonamides is 1. The van der Waals surface area contributed by atoms with Gasteiger partial charge < -0.3 is 14.2 Å². The van der Waals surface area contributed by atoms with Gasteiger partial charge in [-0.25, -0.2) is 17.8 Å². The first-order chi connectivity index (χ1) is 16.0. The molecule has 4 heterocycles. The van der Waals surface area contributed by atoms with Crippen molar-refractivity contribution in [2.24, 2.45) is 0 Å². The number of hydrogen-bond acceptors (Lipinski definition) is 6. The molecule has 2 aromatic heterocycles. The maximum Gasteiger partial charge on any atom is 0.247 e. The van der Waals surface area contributed by atoms with E-state index < -0.39 is 21.9 Å². The number of aromatic nitrogens is 3. The molecule has 0 spiro atoms. The third-order valence-electron chi connectivity index (χ3n) is 6.48. The predicted octanol–water partition coefficient (Wildman–Crippen LogP) is 3.01. The Morgan fingerprint density at radius 2 is 2.00 bits per heavy atom. The average molecular weight is 472 g/mol. The molecule has 1 unspecified atom stereocenters. The molecule has 1 atom stereocenters. The number of nitrogens with zero attached hydrogens (tertiary/aromatic N) is 5. The fourth-order valence-electron chi connectivity index (χ4n) is 4.88. The number of ether oxygens (including phenoxy) is 1. The van der Waals surface area contributed by atoms with Crippen LogP contribution >= 0.6 is 0 Å². The van der Waals surface area contributed by atoms with Crippen molar-refractivity contribution in [2.75, 3.05) is 31.6 Å². The second-order valence-corrected chi connectivity index (χ2v) is 10.1. The Labute approximate surface area is 192 Å². The Morgan fingerprint density at radius 3 is 2.85 bits per heavy atom. The van der Waals surface area contributed by atoms with Gasteiger partial charge >= 0.3 is 0 Å². The second-order valence-electron chi connectivity index (χ2n) is 8.25. The first-order valence-electron chi connectivity index (χ1n) is 11.0. The van der Waals surface area contributed by atoms with E-state index in [1.165, 1.54) is 23.7 Å². The van der Waals surface area contributed by atoms with Crippen molar-refractivity contribution in [2.45, 2.75) is 36.7 Å². The first-order valence-corrected chi connectivity index (χ1v) is 12.5. The van der Waals surface area contributed by atoms with E-state index in [9.17, 15) is 12.8 Å². The highest BCUT2D eigenvalue weighted by Crippen LogP contribution is 2.42. The van der Waals surface area contributed by atoms with Crippen molar-refractivity contribution >= 4 is 15.7 Å². The van der Waals surface area contributed by atoms with E-state index >= 15 is 0 Å². The molecule has 0 saturated carbocycles. The van der Waals surface area contributed by atoms with Crippen molar-refractivity contribution in [1.82, 2.24) is 18.8 Å². The highest BCUT2D eigenvalue weighted by atomic mass is 32.2. The van der Waals surface area contributed by atoms with Gasteiger partial charge in [0, 0.05) is 63.0 Å². The van der Waals surface area contributed by atoms with Crippen LogP contribution in [0.3, 0.4) is 0 Å². The van der Waals surface area contributed by atoms with Crippen LogP contribution in [0.2, 0.25) is 0 Å². The third-order valence-corrected chi connectivity index (χ3v) is 8.40. The van der Waals surface area contributed by atoms with Crippen molar-refractivity contribution in [1.29, 1.82) is 0 Å². The SMILES string of the molecule is COc1cccc(F)c1C1CCCN1S(=O)(=O)c1cnccc1N1CCc2nccn2CC1. The van der Waals surface area contributed by atoms with Crippen LogP contribution < -0.4 is 9.64 Å². The number of hydrogen-bond donors (Lipinski definition) is 0. The lowest BCUT2D eigenvalue weighted by molar-refractivity contribution is 0.355. The molecule has 1 aromatic carbocycles. The van der Waals surface area contributed by atoms with E-state index in [0.29, 0.717) is 50.3 Å². The number of imidazole rings is 1. The molecule has 0 bridgehead atoms. The van der Waals surface area contributed by atoms with Crippen molar-refractivity contribution in [3.8, 4) is 5.75 Å². The van der Waals surface area contributed by atoms with Gasteiger partial charge in [-0.1, -0.05) is 6.07 Å². The van der Waals surface area contributed by atoms with Crippen LogP contribution in [0.5, 0.6) is 5.75 Å². The molecule has 0 N–H and O–H groups in total. The fourth-order valence-corrected chi connectivity index (χ4v) is 6.71. The van der Waals surface area contributed by atoms with E-state index in [1.807, 2.05) is 6.20 Å². The molecule has 0 aliphatic carbocycles. The molecule has 10 heteroatoms. The third kappa shape index (κ3) is 3.87. The zero-order chi connectivity index (χ0) is 23.0. The van der Waals surface area contributed by atoms with E-state index in [0.717, 1.165) is 12.4 Å². The smallest absolute Gasteiger partial charge is 0.247 e. The number of benzene rings is 1. The molecule has 0 radical (unpaired) electrons. The molecule has 8 nitrogen and oxygen atoms in total. The Hall–Kier alpha value is -2.98. The number of rotatable bonds is 5. The second kappa shape index (κ2) is 8.75. The van der Waals surface area contributed by atoms with Gasteiger partial charge in [-0.3, -0.25) is 4.98 Å². The number of anilines is 1. The zero-order valence-electron chi connectivity index (χ0n) is 18.4. The quantitative estimate of drug-likeness (QED) is 0.569. The normalized spacial score (nSPS) is 19.3. The van der Waals surface area contributed by atoms with E-state index in [1.54, 1.807) is 30.6 Å². The summed E-state index contributed by atoms with van der Waals surface area (Å²) in [4.78, 5) is 10.7. The summed E-state index contributed by atoms with van der Waals surface area (Å²) in [5.74, 6) is 0.882. The van der Waals surface area contributed by atoms with Crippen molar-refractivity contribution in [3.63, 3.8) is 0 Å². The molecule has 174 valence electrons.